The van der Waals surface area contributed by atoms with Gasteiger partial charge in [-0.25, -0.2) is 5.43 Å². The molecule has 4 N–H and O–H groups in total. The van der Waals surface area contributed by atoms with E-state index in [1.165, 1.54) is 22.2 Å². The van der Waals surface area contributed by atoms with Crippen LogP contribution in [0, 0.1) is 5.92 Å². The summed E-state index contributed by atoms with van der Waals surface area (Å²) < 4.78 is 8.09. The molecule has 3 heterocycles. The van der Waals surface area contributed by atoms with Gasteiger partial charge in [0.25, 0.3) is 5.91 Å². The number of fused-ring (bicyclic) bond motifs is 1. The smallest absolute Gasteiger partial charge is 0.253 e. The Balaban J connectivity index is 1.58. The fraction of sp³-hybridized carbons (Fsp3) is 0.429. The van der Waals surface area contributed by atoms with E-state index in [1.807, 2.05) is 25.3 Å². The molecule has 228 valence electrons. The lowest BCUT2D eigenvalue weighted by atomic mass is 9.93. The summed E-state index contributed by atoms with van der Waals surface area (Å²) in [7, 11) is 1.72. The molecule has 1 saturated heterocycles. The summed E-state index contributed by atoms with van der Waals surface area (Å²) in [5.74, 6) is 0.487. The number of hydrogen-bond acceptors (Lipinski definition) is 6. The van der Waals surface area contributed by atoms with Crippen LogP contribution in [-0.4, -0.2) is 51.8 Å². The Labute approximate surface area is 254 Å². The molecule has 8 nitrogen and oxygen atoms in total. The van der Waals surface area contributed by atoms with Crippen LogP contribution >= 0.6 is 0 Å². The minimum atomic E-state index is -0.690. The zero-order valence-electron chi connectivity index (χ0n) is 26.1. The molecule has 0 spiro atoms. The molecule has 1 aliphatic rings. The molecule has 2 atom stereocenters. The van der Waals surface area contributed by atoms with Crippen molar-refractivity contribution in [3.8, 4) is 28.1 Å². The number of pyridine rings is 1. The largest absolute Gasteiger partial charge is 0.508 e. The van der Waals surface area contributed by atoms with Crippen molar-refractivity contribution in [2.24, 2.45) is 11.7 Å². The summed E-state index contributed by atoms with van der Waals surface area (Å²) in [5, 5.41) is 13.5. The second kappa shape index (κ2) is 13.3. The zero-order chi connectivity index (χ0) is 30.7. The minimum Gasteiger partial charge on any atom is -0.508 e. The highest BCUT2D eigenvalue weighted by Crippen LogP contribution is 2.40. The van der Waals surface area contributed by atoms with Crippen molar-refractivity contribution in [1.29, 1.82) is 0 Å². The van der Waals surface area contributed by atoms with Crippen molar-refractivity contribution in [3.05, 3.63) is 71.5 Å². The number of phenolic OH excluding ortho intramolecular Hbond substituents is 1. The van der Waals surface area contributed by atoms with Crippen molar-refractivity contribution in [2.75, 3.05) is 20.2 Å². The lowest BCUT2D eigenvalue weighted by Gasteiger charge is -2.29. The molecule has 0 bridgehead atoms. The second-order valence-corrected chi connectivity index (χ2v) is 12.0. The first-order chi connectivity index (χ1) is 20.7. The van der Waals surface area contributed by atoms with Crippen LogP contribution in [0.5, 0.6) is 5.75 Å². The number of ether oxygens (including phenoxy) is 1. The van der Waals surface area contributed by atoms with Gasteiger partial charge < -0.3 is 20.1 Å². The van der Waals surface area contributed by atoms with Crippen molar-refractivity contribution in [2.45, 2.75) is 72.1 Å². The van der Waals surface area contributed by atoms with Crippen molar-refractivity contribution >= 4 is 16.8 Å². The number of hydrazine groups is 1. The van der Waals surface area contributed by atoms with Gasteiger partial charge in [-0.1, -0.05) is 26.0 Å². The number of methoxy groups -OCH3 is 1. The average molecular weight is 584 g/mol. The highest BCUT2D eigenvalue weighted by molar-refractivity contribution is 5.95. The van der Waals surface area contributed by atoms with Crippen LogP contribution in [0.2, 0.25) is 0 Å². The third-order valence-corrected chi connectivity index (χ3v) is 8.39. The lowest BCUT2D eigenvalue weighted by molar-refractivity contribution is -0.136. The van der Waals surface area contributed by atoms with Gasteiger partial charge in [-0.2, -0.15) is 0 Å². The molecule has 1 aliphatic heterocycles. The molecule has 0 saturated carbocycles. The summed E-state index contributed by atoms with van der Waals surface area (Å²) in [4.78, 5) is 17.7. The Kier molecular flexibility index (Phi) is 9.49. The molecule has 8 heteroatoms. The van der Waals surface area contributed by atoms with Gasteiger partial charge in [0, 0.05) is 49.4 Å². The number of hydrogen-bond donors (Lipinski definition) is 3. The lowest BCUT2D eigenvalue weighted by Crippen LogP contribution is -2.53. The Bertz CT molecular complexity index is 1590. The predicted molar refractivity (Wildman–Crippen MR) is 173 cm³/mol. The molecule has 2 aromatic carbocycles. The summed E-state index contributed by atoms with van der Waals surface area (Å²) in [5.41, 5.74) is 17.9. The summed E-state index contributed by atoms with van der Waals surface area (Å²) >= 11 is 0. The number of nitrogens with zero attached hydrogens (tertiary/aromatic N) is 3. The number of nitrogens with one attached hydrogen (secondary N) is 1. The van der Waals surface area contributed by atoms with E-state index in [0.29, 0.717) is 18.9 Å². The van der Waals surface area contributed by atoms with Gasteiger partial charge in [-0.05, 0) is 104 Å². The van der Waals surface area contributed by atoms with Crippen LogP contribution in [0.15, 0.2) is 54.7 Å². The molecular weight excluding hydrogens is 538 g/mol. The third-order valence-electron chi connectivity index (χ3n) is 8.39. The van der Waals surface area contributed by atoms with Gasteiger partial charge in [0.05, 0.1) is 23.5 Å². The molecular formula is C35H45N5O3. The molecule has 2 unspecified atom stereocenters. The number of rotatable bonds is 10. The third kappa shape index (κ3) is 6.47. The Morgan fingerprint density at radius 1 is 1.09 bits per heavy atom. The number of carbonyl (C=O) groups excluding carboxylic acids is 1. The zero-order valence-corrected chi connectivity index (χ0v) is 26.1. The molecule has 5 rings (SSSR count). The number of nitrogens with two attached hydrogens (primary N) is 1. The SMILES string of the molecule is CCn1c(-c2cccnc2C(C)OC)c(CC(C)C)c2cc(-c3cc(O)cc(CC(N)C(=O)N4CCCCN4)c3)ccc21. The van der Waals surface area contributed by atoms with Gasteiger partial charge in [0.2, 0.25) is 0 Å². The van der Waals surface area contributed by atoms with E-state index < -0.39 is 6.04 Å². The van der Waals surface area contributed by atoms with E-state index in [2.05, 4.69) is 55.0 Å². The Morgan fingerprint density at radius 3 is 2.60 bits per heavy atom. The van der Waals surface area contributed by atoms with Crippen molar-refractivity contribution < 1.29 is 14.6 Å². The van der Waals surface area contributed by atoms with Crippen LogP contribution in [0.1, 0.15) is 63.5 Å². The van der Waals surface area contributed by atoms with Gasteiger partial charge in [-0.15, -0.1) is 0 Å². The normalized spacial score (nSPS) is 15.3. The molecule has 0 aliphatic carbocycles. The van der Waals surface area contributed by atoms with Crippen molar-refractivity contribution in [1.82, 2.24) is 20.0 Å². The molecule has 1 amide bonds. The number of aryl methyl sites for hydroxylation is 1. The van der Waals surface area contributed by atoms with E-state index in [-0.39, 0.29) is 17.8 Å². The van der Waals surface area contributed by atoms with Crippen LogP contribution in [0.3, 0.4) is 0 Å². The van der Waals surface area contributed by atoms with E-state index in [0.717, 1.165) is 60.3 Å². The summed E-state index contributed by atoms with van der Waals surface area (Å²) in [6.07, 6.45) is 4.96. The van der Waals surface area contributed by atoms with Gasteiger partial charge in [-0.3, -0.25) is 14.8 Å². The molecule has 1 fully saturated rings. The number of phenols is 1. The Morgan fingerprint density at radius 2 is 1.91 bits per heavy atom. The van der Waals surface area contributed by atoms with E-state index >= 15 is 0 Å². The molecule has 0 radical (unpaired) electrons. The number of carbonyl (C=O) groups is 1. The molecule has 43 heavy (non-hydrogen) atoms. The summed E-state index contributed by atoms with van der Waals surface area (Å²) in [6.45, 7) is 11.0. The highest BCUT2D eigenvalue weighted by atomic mass is 16.5. The first-order valence-corrected chi connectivity index (χ1v) is 15.5. The fourth-order valence-corrected chi connectivity index (χ4v) is 6.28. The maximum Gasteiger partial charge on any atom is 0.253 e. The van der Waals surface area contributed by atoms with Crippen LogP contribution in [0.4, 0.5) is 0 Å². The maximum atomic E-state index is 12.9. The van der Waals surface area contributed by atoms with Gasteiger partial charge >= 0.3 is 0 Å². The topological polar surface area (TPSA) is 106 Å². The molecule has 2 aromatic heterocycles. The first kappa shape index (κ1) is 30.7. The monoisotopic (exact) mass is 583 g/mol. The second-order valence-electron chi connectivity index (χ2n) is 12.0. The summed E-state index contributed by atoms with van der Waals surface area (Å²) in [6, 6.07) is 15.5. The van der Waals surface area contributed by atoms with Gasteiger partial charge in [0.15, 0.2) is 0 Å². The van der Waals surface area contributed by atoms with Crippen LogP contribution < -0.4 is 11.2 Å². The maximum absolute atomic E-state index is 12.9. The van der Waals surface area contributed by atoms with E-state index in [9.17, 15) is 9.90 Å². The fourth-order valence-electron chi connectivity index (χ4n) is 6.28. The average Bonchev–Trinajstić information content (AvgIpc) is 3.31. The molecule has 4 aromatic rings. The number of aromatic nitrogens is 2. The number of aromatic hydroxyl groups is 1. The van der Waals surface area contributed by atoms with E-state index in [1.54, 1.807) is 24.3 Å². The number of amides is 1. The van der Waals surface area contributed by atoms with Crippen LogP contribution in [-0.2, 0) is 28.9 Å². The highest BCUT2D eigenvalue weighted by Gasteiger charge is 2.25. The van der Waals surface area contributed by atoms with Gasteiger partial charge in [0.1, 0.15) is 5.75 Å². The quantitative estimate of drug-likeness (QED) is 0.212. The predicted octanol–water partition coefficient (Wildman–Crippen LogP) is 6.00. The Hall–Kier alpha value is -3.72. The minimum absolute atomic E-state index is 0.115. The first-order valence-electron chi connectivity index (χ1n) is 15.5. The number of benzene rings is 2. The van der Waals surface area contributed by atoms with Crippen molar-refractivity contribution in [3.63, 3.8) is 0 Å². The standard InChI is InChI=1S/C35H45N5O3/c1-6-39-32-12-11-25(26-17-24(18-27(41)20-26)19-31(36)35(42)40-15-8-7-14-38-40)21-29(32)30(16-22(2)3)34(39)28-10-9-13-37-33(28)23(4)43-5/h9-13,17-18,20-23,31,38,41H,6-8,14-16,19,36H2,1-5H3. The van der Waals surface area contributed by atoms with Crippen LogP contribution in [0.25, 0.3) is 33.3 Å². The van der Waals surface area contributed by atoms with E-state index in [4.69, 9.17) is 15.5 Å².